The number of methoxy groups -OCH3 is 2. The Hall–Kier alpha value is -3.22. The van der Waals surface area contributed by atoms with E-state index >= 15 is 0 Å². The summed E-state index contributed by atoms with van der Waals surface area (Å²) in [6, 6.07) is 11.7. The zero-order valence-corrected chi connectivity index (χ0v) is 18.4. The van der Waals surface area contributed by atoms with Crippen molar-refractivity contribution in [2.75, 3.05) is 20.8 Å². The molecule has 0 spiro atoms. The average molecular weight is 426 g/mol. The quantitative estimate of drug-likeness (QED) is 0.736. The van der Waals surface area contributed by atoms with E-state index in [1.807, 2.05) is 56.3 Å². The van der Waals surface area contributed by atoms with Crippen LogP contribution in [0.3, 0.4) is 0 Å². The number of urea groups is 1. The van der Waals surface area contributed by atoms with Crippen molar-refractivity contribution in [3.63, 3.8) is 0 Å². The van der Waals surface area contributed by atoms with E-state index < -0.39 is 18.0 Å². The van der Waals surface area contributed by atoms with Gasteiger partial charge in [0, 0.05) is 6.54 Å². The number of hydrogen-bond acceptors (Lipinski definition) is 5. The van der Waals surface area contributed by atoms with Crippen molar-refractivity contribution in [2.45, 2.75) is 38.8 Å². The number of nitrogens with zero attached hydrogens (tertiary/aromatic N) is 1. The van der Waals surface area contributed by atoms with Crippen molar-refractivity contribution in [1.29, 1.82) is 0 Å². The fraction of sp³-hybridized carbons (Fsp3) is 0.417. The van der Waals surface area contributed by atoms with E-state index in [9.17, 15) is 14.7 Å². The van der Waals surface area contributed by atoms with Crippen LogP contribution in [0.25, 0.3) is 0 Å². The highest BCUT2D eigenvalue weighted by Gasteiger charge is 2.34. The molecule has 0 bridgehead atoms. The minimum absolute atomic E-state index is 0.104. The number of benzene rings is 2. The molecule has 0 radical (unpaired) electrons. The van der Waals surface area contributed by atoms with Crippen LogP contribution >= 0.6 is 0 Å². The fourth-order valence-electron chi connectivity index (χ4n) is 4.08. The van der Waals surface area contributed by atoms with Gasteiger partial charge < -0.3 is 29.6 Å². The Morgan fingerprint density at radius 2 is 1.77 bits per heavy atom. The Balaban J connectivity index is 2.01. The molecule has 0 fully saturated rings. The monoisotopic (exact) mass is 425 g/mol. The van der Waals surface area contributed by atoms with Crippen molar-refractivity contribution in [3.05, 3.63) is 59.2 Å². The number of aliphatic carboxylic acids is 1. The number of carboxylic acid groups (broad SMARTS) is 1. The smallest absolute Gasteiger partial charge is 0.318 e. The molecule has 2 aromatic carbocycles. The number of carboxylic acids is 1. The maximum absolute atomic E-state index is 13.2. The SMILES string of the molecule is COc1cc2c(cc1OC)[C@H](c1ccccc1)N(C(=O)N[C@@H](CC(C)C)C(=O)[O-])CC2. The molecule has 7 heteroatoms. The summed E-state index contributed by atoms with van der Waals surface area (Å²) in [5.74, 6) is 0.0471. The maximum Gasteiger partial charge on any atom is 0.318 e. The summed E-state index contributed by atoms with van der Waals surface area (Å²) in [4.78, 5) is 26.5. The molecule has 1 heterocycles. The minimum atomic E-state index is -1.28. The zero-order valence-electron chi connectivity index (χ0n) is 18.4. The van der Waals surface area contributed by atoms with Gasteiger partial charge in [0.25, 0.3) is 0 Å². The molecule has 166 valence electrons. The zero-order chi connectivity index (χ0) is 22.5. The van der Waals surface area contributed by atoms with Gasteiger partial charge in [-0.25, -0.2) is 4.79 Å². The van der Waals surface area contributed by atoms with Gasteiger partial charge in [-0.05, 0) is 47.6 Å². The van der Waals surface area contributed by atoms with Crippen LogP contribution in [0.2, 0.25) is 0 Å². The van der Waals surface area contributed by atoms with Crippen LogP contribution in [0.15, 0.2) is 42.5 Å². The van der Waals surface area contributed by atoms with Crippen LogP contribution < -0.4 is 19.9 Å². The predicted molar refractivity (Wildman–Crippen MR) is 115 cm³/mol. The van der Waals surface area contributed by atoms with Crippen LogP contribution in [0.5, 0.6) is 11.5 Å². The van der Waals surface area contributed by atoms with Gasteiger partial charge in [0.15, 0.2) is 11.5 Å². The van der Waals surface area contributed by atoms with Crippen molar-refractivity contribution in [1.82, 2.24) is 10.2 Å². The maximum atomic E-state index is 13.2. The third kappa shape index (κ3) is 4.93. The molecule has 7 nitrogen and oxygen atoms in total. The lowest BCUT2D eigenvalue weighted by Crippen LogP contribution is -2.54. The average Bonchev–Trinajstić information content (AvgIpc) is 2.76. The number of rotatable bonds is 7. The fourth-order valence-corrected chi connectivity index (χ4v) is 4.08. The summed E-state index contributed by atoms with van der Waals surface area (Å²) in [6.45, 7) is 4.26. The van der Waals surface area contributed by atoms with Gasteiger partial charge >= 0.3 is 6.03 Å². The number of carbonyl (C=O) groups is 2. The van der Waals surface area contributed by atoms with E-state index in [1.165, 1.54) is 0 Å². The van der Waals surface area contributed by atoms with E-state index in [-0.39, 0.29) is 12.0 Å². The highest BCUT2D eigenvalue weighted by Crippen LogP contribution is 2.41. The number of fused-ring (bicyclic) bond motifs is 1. The van der Waals surface area contributed by atoms with Crippen molar-refractivity contribution < 1.29 is 24.2 Å². The molecule has 0 aliphatic carbocycles. The Bertz CT molecular complexity index is 929. The second-order valence-electron chi connectivity index (χ2n) is 8.11. The van der Waals surface area contributed by atoms with Crippen molar-refractivity contribution in [3.8, 4) is 11.5 Å². The summed E-state index contributed by atoms with van der Waals surface area (Å²) in [7, 11) is 3.17. The van der Waals surface area contributed by atoms with Gasteiger partial charge in [0.1, 0.15) is 0 Å². The molecule has 31 heavy (non-hydrogen) atoms. The van der Waals surface area contributed by atoms with Crippen LogP contribution in [0, 0.1) is 5.92 Å². The summed E-state index contributed by atoms with van der Waals surface area (Å²) in [5.41, 5.74) is 2.92. The first-order chi connectivity index (χ1) is 14.8. The first-order valence-corrected chi connectivity index (χ1v) is 10.4. The Labute approximate surface area is 183 Å². The predicted octanol–water partition coefficient (Wildman–Crippen LogP) is 2.53. The van der Waals surface area contributed by atoms with Crippen molar-refractivity contribution in [2.24, 2.45) is 5.92 Å². The van der Waals surface area contributed by atoms with Gasteiger partial charge in [0.05, 0.1) is 32.3 Å². The van der Waals surface area contributed by atoms with Crippen LogP contribution in [-0.4, -0.2) is 43.7 Å². The summed E-state index contributed by atoms with van der Waals surface area (Å²) >= 11 is 0. The number of amides is 2. The lowest BCUT2D eigenvalue weighted by Gasteiger charge is -2.39. The highest BCUT2D eigenvalue weighted by molar-refractivity contribution is 5.82. The first kappa shape index (κ1) is 22.5. The molecule has 0 saturated heterocycles. The Morgan fingerprint density at radius 3 is 2.35 bits per heavy atom. The van der Waals surface area contributed by atoms with E-state index in [0.29, 0.717) is 30.9 Å². The number of hydrogen-bond donors (Lipinski definition) is 1. The Kier molecular flexibility index (Phi) is 7.05. The van der Waals surface area contributed by atoms with Gasteiger partial charge in [-0.15, -0.1) is 0 Å². The largest absolute Gasteiger partial charge is 0.548 e. The molecule has 2 atom stereocenters. The Morgan fingerprint density at radius 1 is 1.13 bits per heavy atom. The summed E-state index contributed by atoms with van der Waals surface area (Å²) < 4.78 is 10.9. The number of nitrogens with one attached hydrogen (secondary N) is 1. The normalized spacial score (nSPS) is 16.4. The second kappa shape index (κ2) is 9.73. The molecule has 0 unspecified atom stereocenters. The minimum Gasteiger partial charge on any atom is -0.548 e. The molecular formula is C24H29N2O5-. The van der Waals surface area contributed by atoms with Crippen LogP contribution in [-0.2, 0) is 11.2 Å². The van der Waals surface area contributed by atoms with Crippen LogP contribution in [0.4, 0.5) is 4.79 Å². The van der Waals surface area contributed by atoms with E-state index in [0.717, 1.165) is 16.7 Å². The molecule has 3 rings (SSSR count). The molecule has 2 aromatic rings. The first-order valence-electron chi connectivity index (χ1n) is 10.4. The topological polar surface area (TPSA) is 90.9 Å². The van der Waals surface area contributed by atoms with Gasteiger partial charge in [-0.1, -0.05) is 44.2 Å². The van der Waals surface area contributed by atoms with Crippen molar-refractivity contribution >= 4 is 12.0 Å². The lowest BCUT2D eigenvalue weighted by atomic mass is 9.88. The molecule has 0 aromatic heterocycles. The molecule has 0 saturated carbocycles. The third-order valence-electron chi connectivity index (χ3n) is 5.54. The van der Waals surface area contributed by atoms with E-state index in [1.54, 1.807) is 19.1 Å². The third-order valence-corrected chi connectivity index (χ3v) is 5.54. The van der Waals surface area contributed by atoms with E-state index in [4.69, 9.17) is 9.47 Å². The summed E-state index contributed by atoms with van der Waals surface area (Å²) in [5, 5.41) is 14.3. The molecule has 1 N–H and O–H groups in total. The molecular weight excluding hydrogens is 396 g/mol. The van der Waals surface area contributed by atoms with Gasteiger partial charge in [0.2, 0.25) is 0 Å². The number of carbonyl (C=O) groups excluding carboxylic acids is 2. The second-order valence-corrected chi connectivity index (χ2v) is 8.11. The standard InChI is InChI=1S/C24H30N2O5/c1-15(2)12-19(23(27)28)25-24(29)26-11-10-17-13-20(30-3)21(31-4)14-18(17)22(26)16-8-6-5-7-9-16/h5-9,13-15,19,22H,10-12H2,1-4H3,(H,25,29)(H,27,28)/p-1/t19-,22-/m0/s1. The molecule has 2 amide bonds. The summed E-state index contributed by atoms with van der Waals surface area (Å²) in [6.07, 6.45) is 0.923. The van der Waals surface area contributed by atoms with Crippen LogP contribution in [0.1, 0.15) is 43.0 Å². The van der Waals surface area contributed by atoms with E-state index in [2.05, 4.69) is 5.32 Å². The molecule has 1 aliphatic heterocycles. The lowest BCUT2D eigenvalue weighted by molar-refractivity contribution is -0.308. The number of ether oxygens (including phenoxy) is 2. The molecule has 1 aliphatic rings. The highest BCUT2D eigenvalue weighted by atomic mass is 16.5. The van der Waals surface area contributed by atoms with Gasteiger partial charge in [-0.2, -0.15) is 0 Å². The van der Waals surface area contributed by atoms with Gasteiger partial charge in [-0.3, -0.25) is 0 Å².